The first-order valence-electron chi connectivity index (χ1n) is 5.56. The minimum Gasteiger partial charge on any atom is -0.278 e. The molecule has 0 fully saturated rings. The van der Waals surface area contributed by atoms with E-state index in [1.807, 2.05) is 0 Å². The Kier molecular flexibility index (Phi) is 4.22. The Bertz CT molecular complexity index is 868. The molecule has 0 radical (unpaired) electrons. The van der Waals surface area contributed by atoms with Gasteiger partial charge < -0.3 is 0 Å². The summed E-state index contributed by atoms with van der Waals surface area (Å²) < 4.78 is 27.0. The van der Waals surface area contributed by atoms with Crippen molar-refractivity contribution in [2.24, 2.45) is 0 Å². The molecule has 104 valence electrons. The monoisotopic (exact) mass is 362 g/mol. The van der Waals surface area contributed by atoms with Crippen LogP contribution in [0.25, 0.3) is 0 Å². The van der Waals surface area contributed by atoms with Crippen LogP contribution in [-0.4, -0.2) is 13.4 Å². The van der Waals surface area contributed by atoms with E-state index in [-0.39, 0.29) is 26.4 Å². The highest BCUT2D eigenvalue weighted by Crippen LogP contribution is 2.28. The fourth-order valence-electron chi connectivity index (χ4n) is 1.54. The van der Waals surface area contributed by atoms with Crippen molar-refractivity contribution in [2.75, 3.05) is 4.72 Å². The molecule has 2 rings (SSSR count). The Morgan fingerprint density at radius 2 is 1.81 bits per heavy atom. The van der Waals surface area contributed by atoms with Crippen LogP contribution < -0.4 is 4.72 Å². The number of hydrogen-bond acceptors (Lipinski definition) is 5. The second-order valence-corrected chi connectivity index (χ2v) is 6.34. The average molecular weight is 363 g/mol. The van der Waals surface area contributed by atoms with Gasteiger partial charge in [-0.2, -0.15) is 10.5 Å². The first-order chi connectivity index (χ1) is 9.97. The molecule has 0 aliphatic rings. The maximum atomic E-state index is 12.2. The number of aromatic nitrogens is 1. The molecule has 2 aromatic rings. The lowest BCUT2D eigenvalue weighted by molar-refractivity contribution is 0.601. The maximum Gasteiger partial charge on any atom is 0.261 e. The quantitative estimate of drug-likeness (QED) is 0.901. The molecule has 6 nitrogen and oxygen atoms in total. The molecule has 0 atom stereocenters. The highest BCUT2D eigenvalue weighted by Gasteiger charge is 2.18. The Hall–Kier alpha value is -2.42. The van der Waals surface area contributed by atoms with E-state index in [0.717, 1.165) is 0 Å². The molecule has 0 saturated carbocycles. The maximum absolute atomic E-state index is 12.2. The fourth-order valence-corrected chi connectivity index (χ4v) is 3.14. The van der Waals surface area contributed by atoms with Crippen LogP contribution in [0.15, 0.2) is 45.8 Å². The van der Waals surface area contributed by atoms with Gasteiger partial charge in [0.25, 0.3) is 10.0 Å². The van der Waals surface area contributed by atoms with Crippen LogP contribution in [-0.2, 0) is 10.0 Å². The van der Waals surface area contributed by atoms with Crippen LogP contribution in [0.1, 0.15) is 11.4 Å². The third-order valence-electron chi connectivity index (χ3n) is 2.48. The van der Waals surface area contributed by atoms with Gasteiger partial charge in [0.1, 0.15) is 17.8 Å². The number of nitrogens with one attached hydrogen (secondary N) is 1. The second-order valence-electron chi connectivity index (χ2n) is 3.86. The third kappa shape index (κ3) is 3.19. The zero-order chi connectivity index (χ0) is 15.5. The van der Waals surface area contributed by atoms with Crippen LogP contribution in [0, 0.1) is 22.7 Å². The van der Waals surface area contributed by atoms with Crippen molar-refractivity contribution in [3.8, 4) is 12.1 Å². The number of hydrogen-bond donors (Lipinski definition) is 1. The molecule has 0 amide bonds. The van der Waals surface area contributed by atoms with Crippen LogP contribution in [0.2, 0.25) is 0 Å². The summed E-state index contributed by atoms with van der Waals surface area (Å²) in [6.07, 6.45) is 0. The Labute approximate surface area is 129 Å². The minimum atomic E-state index is -3.81. The average Bonchev–Trinajstić information content (AvgIpc) is 2.50. The summed E-state index contributed by atoms with van der Waals surface area (Å²) in [5, 5.41) is 17.8. The number of sulfonamides is 1. The molecule has 0 aliphatic heterocycles. The summed E-state index contributed by atoms with van der Waals surface area (Å²) in [6, 6.07) is 12.6. The number of pyridine rings is 1. The van der Waals surface area contributed by atoms with Crippen LogP contribution in [0.4, 0.5) is 5.69 Å². The summed E-state index contributed by atoms with van der Waals surface area (Å²) in [6.45, 7) is 0. The van der Waals surface area contributed by atoms with Gasteiger partial charge in [-0.05, 0) is 28.1 Å². The molecule has 0 aliphatic carbocycles. The highest BCUT2D eigenvalue weighted by molar-refractivity contribution is 9.10. The third-order valence-corrected chi connectivity index (χ3v) is 4.66. The normalized spacial score (nSPS) is 10.4. The van der Waals surface area contributed by atoms with Gasteiger partial charge in [-0.15, -0.1) is 0 Å². The number of nitriles is 2. The van der Waals surface area contributed by atoms with Gasteiger partial charge >= 0.3 is 0 Å². The topological polar surface area (TPSA) is 107 Å². The molecule has 0 bridgehead atoms. The lowest BCUT2D eigenvalue weighted by atomic mass is 10.3. The van der Waals surface area contributed by atoms with E-state index in [1.165, 1.54) is 18.2 Å². The Balaban J connectivity index is 2.50. The number of anilines is 1. The molecular formula is C13H7BrN4O2S. The van der Waals surface area contributed by atoms with Gasteiger partial charge in [-0.3, -0.25) is 4.72 Å². The second kappa shape index (κ2) is 5.92. The number of halogens is 1. The lowest BCUT2D eigenvalue weighted by Gasteiger charge is -2.10. The summed E-state index contributed by atoms with van der Waals surface area (Å²) in [4.78, 5) is 3.84. The first kappa shape index (κ1) is 15.0. The molecule has 0 saturated heterocycles. The Morgan fingerprint density at radius 3 is 2.38 bits per heavy atom. The number of rotatable bonds is 3. The zero-order valence-electron chi connectivity index (χ0n) is 10.4. The van der Waals surface area contributed by atoms with E-state index in [2.05, 4.69) is 25.6 Å². The van der Waals surface area contributed by atoms with Crippen molar-refractivity contribution in [1.29, 1.82) is 10.5 Å². The van der Waals surface area contributed by atoms with E-state index in [0.29, 0.717) is 0 Å². The van der Waals surface area contributed by atoms with E-state index in [4.69, 9.17) is 10.5 Å². The SMILES string of the molecule is N#Cc1cc(NS(=O)(=O)c2ccccc2)c(Br)c(C#N)n1. The van der Waals surface area contributed by atoms with Crippen LogP contribution in [0.3, 0.4) is 0 Å². The van der Waals surface area contributed by atoms with E-state index in [1.54, 1.807) is 30.3 Å². The zero-order valence-corrected chi connectivity index (χ0v) is 12.8. The lowest BCUT2D eigenvalue weighted by Crippen LogP contribution is -2.14. The Morgan fingerprint density at radius 1 is 1.14 bits per heavy atom. The molecule has 8 heteroatoms. The summed E-state index contributed by atoms with van der Waals surface area (Å²) in [5.41, 5.74) is -0.0396. The summed E-state index contributed by atoms with van der Waals surface area (Å²) >= 11 is 3.11. The van der Waals surface area contributed by atoms with Gasteiger partial charge in [-0.1, -0.05) is 18.2 Å². The molecule has 1 heterocycles. The van der Waals surface area contributed by atoms with Crippen molar-refractivity contribution in [3.05, 3.63) is 52.3 Å². The molecule has 1 N–H and O–H groups in total. The van der Waals surface area contributed by atoms with Crippen molar-refractivity contribution < 1.29 is 8.42 Å². The molecule has 0 spiro atoms. The van der Waals surface area contributed by atoms with Gasteiger partial charge in [0, 0.05) is 6.07 Å². The summed E-state index contributed by atoms with van der Waals surface area (Å²) in [5.74, 6) is 0. The van der Waals surface area contributed by atoms with Crippen LogP contribution >= 0.6 is 15.9 Å². The largest absolute Gasteiger partial charge is 0.278 e. The molecule has 1 aromatic heterocycles. The smallest absolute Gasteiger partial charge is 0.261 e. The summed E-state index contributed by atoms with van der Waals surface area (Å²) in [7, 11) is -3.81. The van der Waals surface area contributed by atoms with Gasteiger partial charge in [0.2, 0.25) is 0 Å². The predicted molar refractivity (Wildman–Crippen MR) is 78.6 cm³/mol. The van der Waals surface area contributed by atoms with Gasteiger partial charge in [0.05, 0.1) is 15.1 Å². The van der Waals surface area contributed by atoms with E-state index < -0.39 is 10.0 Å². The standard InChI is InChI=1S/C13H7BrN4O2S/c14-13-11(6-9(7-15)17-12(13)8-16)18-21(19,20)10-4-2-1-3-5-10/h1-6H,(H,17,18). The minimum absolute atomic E-state index is 0.0551. The van der Waals surface area contributed by atoms with E-state index >= 15 is 0 Å². The van der Waals surface area contributed by atoms with Crippen molar-refractivity contribution in [2.45, 2.75) is 4.90 Å². The van der Waals surface area contributed by atoms with Crippen LogP contribution in [0.5, 0.6) is 0 Å². The molecule has 0 unspecified atom stereocenters. The van der Waals surface area contributed by atoms with Crippen molar-refractivity contribution in [1.82, 2.24) is 4.98 Å². The highest BCUT2D eigenvalue weighted by atomic mass is 79.9. The molecule has 1 aromatic carbocycles. The van der Waals surface area contributed by atoms with Crippen molar-refractivity contribution >= 4 is 31.6 Å². The van der Waals surface area contributed by atoms with Gasteiger partial charge in [-0.25, -0.2) is 13.4 Å². The number of nitrogens with zero attached hydrogens (tertiary/aromatic N) is 3. The van der Waals surface area contributed by atoms with Crippen molar-refractivity contribution in [3.63, 3.8) is 0 Å². The van der Waals surface area contributed by atoms with Gasteiger partial charge in [0.15, 0.2) is 5.69 Å². The fraction of sp³-hybridized carbons (Fsp3) is 0. The first-order valence-corrected chi connectivity index (χ1v) is 7.84. The van der Waals surface area contributed by atoms with E-state index in [9.17, 15) is 8.42 Å². The molecular weight excluding hydrogens is 356 g/mol. The predicted octanol–water partition coefficient (Wildman–Crippen LogP) is 2.39. The number of benzene rings is 1. The molecule has 21 heavy (non-hydrogen) atoms.